The molecule has 0 spiro atoms. The number of fused-ring (bicyclic) bond motifs is 1. The smallest absolute Gasteiger partial charge is 0.293 e. The Balaban J connectivity index is 1.97. The van der Waals surface area contributed by atoms with Gasteiger partial charge in [-0.2, -0.15) is 0 Å². The van der Waals surface area contributed by atoms with Gasteiger partial charge in [-0.25, -0.2) is 0 Å². The topological polar surface area (TPSA) is 38.7 Å². The number of nitrogens with zero attached hydrogens (tertiary/aromatic N) is 1. The zero-order valence-corrected chi connectivity index (χ0v) is 8.43. The van der Waals surface area contributed by atoms with Crippen molar-refractivity contribution in [3.63, 3.8) is 0 Å². The third kappa shape index (κ3) is 2.43. The number of rotatable bonds is 4. The summed E-state index contributed by atoms with van der Waals surface area (Å²) in [5.41, 5.74) is 2.52. The summed E-state index contributed by atoms with van der Waals surface area (Å²) in [7, 11) is 0. The number of benzene rings is 1. The lowest BCUT2D eigenvalue weighted by molar-refractivity contribution is -0.128. The molecule has 1 unspecified atom stereocenters. The van der Waals surface area contributed by atoms with E-state index >= 15 is 0 Å². The van der Waals surface area contributed by atoms with Gasteiger partial charge in [0.15, 0.2) is 0 Å². The molecule has 1 aromatic carbocycles. The molecule has 0 fully saturated rings. The number of ether oxygens (including phenoxy) is 1. The summed E-state index contributed by atoms with van der Waals surface area (Å²) in [4.78, 5) is 14.4. The van der Waals surface area contributed by atoms with Crippen LogP contribution in [-0.4, -0.2) is 25.3 Å². The van der Waals surface area contributed by atoms with Crippen molar-refractivity contribution in [1.29, 1.82) is 0 Å². The lowest BCUT2D eigenvalue weighted by atomic mass is 9.97. The van der Waals surface area contributed by atoms with Gasteiger partial charge in [0.1, 0.15) is 0 Å². The Hall–Kier alpha value is -1.64. The van der Waals surface area contributed by atoms with Crippen molar-refractivity contribution in [3.05, 3.63) is 35.4 Å². The van der Waals surface area contributed by atoms with Crippen molar-refractivity contribution in [2.75, 3.05) is 6.61 Å². The van der Waals surface area contributed by atoms with Crippen molar-refractivity contribution >= 4 is 12.7 Å². The van der Waals surface area contributed by atoms with E-state index in [9.17, 15) is 4.79 Å². The Kier molecular flexibility index (Phi) is 3.12. The van der Waals surface area contributed by atoms with Crippen molar-refractivity contribution in [3.8, 4) is 0 Å². The van der Waals surface area contributed by atoms with Gasteiger partial charge in [-0.05, 0) is 17.5 Å². The fourth-order valence-electron chi connectivity index (χ4n) is 1.77. The fraction of sp³-hybridized carbons (Fsp3) is 0.333. The first-order valence-corrected chi connectivity index (χ1v) is 5.06. The molecule has 1 atom stereocenters. The second-order valence-corrected chi connectivity index (χ2v) is 3.59. The van der Waals surface area contributed by atoms with Crippen LogP contribution >= 0.6 is 0 Å². The maximum Gasteiger partial charge on any atom is 0.293 e. The largest absolute Gasteiger partial charge is 0.468 e. The predicted molar refractivity (Wildman–Crippen MR) is 58.2 cm³/mol. The van der Waals surface area contributed by atoms with Crippen molar-refractivity contribution in [2.24, 2.45) is 4.99 Å². The molecule has 0 radical (unpaired) electrons. The minimum atomic E-state index is 0.250. The molecule has 0 aliphatic carbocycles. The molecule has 0 bridgehead atoms. The molecule has 3 heteroatoms. The van der Waals surface area contributed by atoms with Gasteiger partial charge < -0.3 is 4.74 Å². The van der Waals surface area contributed by atoms with Gasteiger partial charge in [-0.1, -0.05) is 24.3 Å². The van der Waals surface area contributed by atoms with Crippen LogP contribution in [0.1, 0.15) is 17.5 Å². The monoisotopic (exact) mass is 203 g/mol. The van der Waals surface area contributed by atoms with Crippen molar-refractivity contribution in [2.45, 2.75) is 18.9 Å². The zero-order chi connectivity index (χ0) is 10.5. The first kappa shape index (κ1) is 9.90. The number of hydrogen-bond acceptors (Lipinski definition) is 3. The van der Waals surface area contributed by atoms with Crippen LogP contribution < -0.4 is 0 Å². The molecule has 0 N–H and O–H groups in total. The van der Waals surface area contributed by atoms with Gasteiger partial charge in [-0.3, -0.25) is 9.79 Å². The third-order valence-electron chi connectivity index (χ3n) is 2.57. The summed E-state index contributed by atoms with van der Waals surface area (Å²) in [6, 6.07) is 8.49. The highest BCUT2D eigenvalue weighted by Crippen LogP contribution is 2.17. The normalized spacial score (nSPS) is 18.3. The van der Waals surface area contributed by atoms with E-state index in [2.05, 4.69) is 21.9 Å². The molecular formula is C12H13NO2. The second kappa shape index (κ2) is 4.73. The molecule has 0 saturated carbocycles. The molecule has 2 rings (SSSR count). The summed E-state index contributed by atoms with van der Waals surface area (Å²) in [5.74, 6) is 0. The van der Waals surface area contributed by atoms with Gasteiger partial charge in [0.2, 0.25) is 0 Å². The average molecular weight is 203 g/mol. The Morgan fingerprint density at radius 3 is 3.20 bits per heavy atom. The van der Waals surface area contributed by atoms with E-state index in [4.69, 9.17) is 0 Å². The maximum atomic E-state index is 9.98. The number of hydrogen-bond donors (Lipinski definition) is 0. The minimum Gasteiger partial charge on any atom is -0.468 e. The fourth-order valence-corrected chi connectivity index (χ4v) is 1.77. The number of aliphatic imine (C=N–C) groups is 1. The van der Waals surface area contributed by atoms with Crippen LogP contribution in [-0.2, 0) is 16.0 Å². The highest BCUT2D eigenvalue weighted by atomic mass is 16.5. The first-order valence-electron chi connectivity index (χ1n) is 5.06. The lowest BCUT2D eigenvalue weighted by Crippen LogP contribution is -2.17. The highest BCUT2D eigenvalue weighted by Gasteiger charge is 2.13. The van der Waals surface area contributed by atoms with Crippen LogP contribution in [0.2, 0.25) is 0 Å². The molecular weight excluding hydrogens is 190 g/mol. The Morgan fingerprint density at radius 1 is 1.47 bits per heavy atom. The van der Waals surface area contributed by atoms with Crippen LogP contribution in [0.15, 0.2) is 29.3 Å². The molecule has 0 amide bonds. The van der Waals surface area contributed by atoms with Crippen molar-refractivity contribution < 1.29 is 9.53 Å². The second-order valence-electron chi connectivity index (χ2n) is 3.59. The molecule has 1 aliphatic heterocycles. The van der Waals surface area contributed by atoms with Crippen LogP contribution in [0, 0.1) is 0 Å². The molecule has 1 aromatic rings. The summed E-state index contributed by atoms with van der Waals surface area (Å²) in [6.45, 7) is 0.939. The lowest BCUT2D eigenvalue weighted by Gasteiger charge is -2.17. The SMILES string of the molecule is O=COCCC1Cc2ccccc2C=N1. The van der Waals surface area contributed by atoms with Gasteiger partial charge in [0.05, 0.1) is 12.6 Å². The Morgan fingerprint density at radius 2 is 2.33 bits per heavy atom. The van der Waals surface area contributed by atoms with E-state index in [0.29, 0.717) is 13.1 Å². The van der Waals surface area contributed by atoms with Crippen molar-refractivity contribution in [1.82, 2.24) is 0 Å². The van der Waals surface area contributed by atoms with Crippen LogP contribution in [0.25, 0.3) is 0 Å². The minimum absolute atomic E-state index is 0.250. The Bertz CT molecular complexity index is 374. The zero-order valence-electron chi connectivity index (χ0n) is 8.43. The van der Waals surface area contributed by atoms with Gasteiger partial charge in [0.25, 0.3) is 6.47 Å². The molecule has 3 nitrogen and oxygen atoms in total. The van der Waals surface area contributed by atoms with E-state index in [1.165, 1.54) is 11.1 Å². The van der Waals surface area contributed by atoms with Crippen LogP contribution in [0.3, 0.4) is 0 Å². The summed E-state index contributed by atoms with van der Waals surface area (Å²) in [6.07, 6.45) is 3.64. The summed E-state index contributed by atoms with van der Waals surface area (Å²) in [5, 5.41) is 0. The standard InChI is InChI=1S/C12H13NO2/c14-9-15-6-5-12-7-10-3-1-2-4-11(10)8-13-12/h1-4,8-9,12H,5-7H2. The molecule has 0 saturated heterocycles. The van der Waals surface area contributed by atoms with Gasteiger partial charge in [0, 0.05) is 12.6 Å². The molecule has 1 heterocycles. The maximum absolute atomic E-state index is 9.98. The van der Waals surface area contributed by atoms with E-state index in [1.807, 2.05) is 18.3 Å². The number of carbonyl (C=O) groups excluding carboxylic acids is 1. The van der Waals surface area contributed by atoms with E-state index in [0.717, 1.165) is 12.8 Å². The quantitative estimate of drug-likeness (QED) is 0.550. The molecule has 0 aromatic heterocycles. The number of carbonyl (C=O) groups is 1. The van der Waals surface area contributed by atoms with Crippen LogP contribution in [0.5, 0.6) is 0 Å². The summed E-state index contributed by atoms with van der Waals surface area (Å²) < 4.78 is 4.67. The van der Waals surface area contributed by atoms with Crippen LogP contribution in [0.4, 0.5) is 0 Å². The van der Waals surface area contributed by atoms with E-state index in [-0.39, 0.29) is 6.04 Å². The molecule has 1 aliphatic rings. The van der Waals surface area contributed by atoms with E-state index < -0.39 is 0 Å². The Labute approximate surface area is 88.8 Å². The molecule has 15 heavy (non-hydrogen) atoms. The molecule has 78 valence electrons. The van der Waals surface area contributed by atoms with Gasteiger partial charge >= 0.3 is 0 Å². The summed E-state index contributed by atoms with van der Waals surface area (Å²) >= 11 is 0. The highest BCUT2D eigenvalue weighted by molar-refractivity contribution is 5.83. The average Bonchev–Trinajstić information content (AvgIpc) is 2.29. The predicted octanol–water partition coefficient (Wildman–Crippen LogP) is 1.59. The van der Waals surface area contributed by atoms with E-state index in [1.54, 1.807) is 0 Å². The first-order chi connectivity index (χ1) is 7.40. The van der Waals surface area contributed by atoms with Gasteiger partial charge in [-0.15, -0.1) is 0 Å². The third-order valence-corrected chi connectivity index (χ3v) is 2.57.